The number of carbonyl (C=O) groups excluding carboxylic acids is 1. The highest BCUT2D eigenvalue weighted by Crippen LogP contribution is 2.18. The van der Waals surface area contributed by atoms with Crippen LogP contribution in [0.3, 0.4) is 0 Å². The van der Waals surface area contributed by atoms with Gasteiger partial charge in [0.2, 0.25) is 5.95 Å². The van der Waals surface area contributed by atoms with Gasteiger partial charge in [0.25, 0.3) is 5.91 Å². The fraction of sp³-hybridized carbons (Fsp3) is 0.214. The molecule has 21 heavy (non-hydrogen) atoms. The van der Waals surface area contributed by atoms with Gasteiger partial charge in [0, 0.05) is 10.7 Å². The average molecular weight is 326 g/mol. The van der Waals surface area contributed by atoms with Gasteiger partial charge in [-0.1, -0.05) is 29.3 Å². The van der Waals surface area contributed by atoms with E-state index in [1.165, 1.54) is 0 Å². The molecular formula is C14H13Cl2N3O2. The van der Waals surface area contributed by atoms with E-state index < -0.39 is 6.10 Å². The molecule has 2 rings (SSSR count). The van der Waals surface area contributed by atoms with Crippen molar-refractivity contribution in [1.82, 2.24) is 9.97 Å². The molecule has 0 aliphatic heterocycles. The number of carbonyl (C=O) groups is 1. The Kier molecular flexibility index (Phi) is 4.98. The molecule has 5 nitrogen and oxygen atoms in total. The normalized spacial score (nSPS) is 11.8. The fourth-order valence-electron chi connectivity index (χ4n) is 1.60. The SMILES string of the molecule is Cc1cc(Cl)nc(NC(=O)C(C)Oc2cccc(Cl)c2)n1. The van der Waals surface area contributed by atoms with E-state index in [1.807, 2.05) is 0 Å². The molecule has 1 aromatic heterocycles. The van der Waals surface area contributed by atoms with Crippen molar-refractivity contribution in [2.24, 2.45) is 0 Å². The Bertz CT molecular complexity index is 644. The zero-order valence-electron chi connectivity index (χ0n) is 11.4. The number of aromatic nitrogens is 2. The molecule has 0 saturated carbocycles. The Morgan fingerprint density at radius 1 is 1.29 bits per heavy atom. The predicted octanol–water partition coefficient (Wildman–Crippen LogP) is 3.50. The molecule has 1 N–H and O–H groups in total. The Balaban J connectivity index is 2.02. The summed E-state index contributed by atoms with van der Waals surface area (Å²) in [7, 11) is 0. The first kappa shape index (κ1) is 15.5. The van der Waals surface area contributed by atoms with Crippen molar-refractivity contribution in [3.63, 3.8) is 0 Å². The minimum Gasteiger partial charge on any atom is -0.481 e. The number of anilines is 1. The van der Waals surface area contributed by atoms with Crippen molar-refractivity contribution in [3.8, 4) is 5.75 Å². The molecule has 1 heterocycles. The van der Waals surface area contributed by atoms with Crippen LogP contribution < -0.4 is 10.1 Å². The number of halogens is 2. The number of aryl methyl sites for hydroxylation is 1. The molecule has 0 spiro atoms. The summed E-state index contributed by atoms with van der Waals surface area (Å²) < 4.78 is 5.50. The molecular weight excluding hydrogens is 313 g/mol. The smallest absolute Gasteiger partial charge is 0.267 e. The van der Waals surface area contributed by atoms with Crippen molar-refractivity contribution < 1.29 is 9.53 Å². The predicted molar refractivity (Wildman–Crippen MR) is 82.0 cm³/mol. The summed E-state index contributed by atoms with van der Waals surface area (Å²) in [6, 6.07) is 8.41. The minimum absolute atomic E-state index is 0.145. The van der Waals surface area contributed by atoms with Crippen LogP contribution in [0.25, 0.3) is 0 Å². The van der Waals surface area contributed by atoms with Gasteiger partial charge in [-0.3, -0.25) is 10.1 Å². The molecule has 0 bridgehead atoms. The van der Waals surface area contributed by atoms with Crippen LogP contribution in [0.15, 0.2) is 30.3 Å². The van der Waals surface area contributed by atoms with Crippen LogP contribution in [0.2, 0.25) is 10.2 Å². The molecule has 0 saturated heterocycles. The van der Waals surface area contributed by atoms with Crippen LogP contribution in [0.4, 0.5) is 5.95 Å². The topological polar surface area (TPSA) is 64.1 Å². The first-order valence-electron chi connectivity index (χ1n) is 6.18. The lowest BCUT2D eigenvalue weighted by molar-refractivity contribution is -0.122. The van der Waals surface area contributed by atoms with E-state index in [0.29, 0.717) is 16.5 Å². The first-order chi connectivity index (χ1) is 9.94. The van der Waals surface area contributed by atoms with Crippen molar-refractivity contribution in [1.29, 1.82) is 0 Å². The highest BCUT2D eigenvalue weighted by molar-refractivity contribution is 6.30. The molecule has 0 aliphatic carbocycles. The number of hydrogen-bond acceptors (Lipinski definition) is 4. The molecule has 7 heteroatoms. The Morgan fingerprint density at radius 2 is 2.05 bits per heavy atom. The fourth-order valence-corrected chi connectivity index (χ4v) is 2.01. The second-order valence-corrected chi connectivity index (χ2v) is 5.19. The van der Waals surface area contributed by atoms with E-state index in [1.54, 1.807) is 44.2 Å². The standard InChI is InChI=1S/C14H13Cl2N3O2/c1-8-6-12(16)18-14(17-8)19-13(20)9(2)21-11-5-3-4-10(15)7-11/h3-7,9H,1-2H3,(H,17,18,19,20). The molecule has 0 fully saturated rings. The van der Waals surface area contributed by atoms with Crippen molar-refractivity contribution in [3.05, 3.63) is 46.2 Å². The molecule has 0 aliphatic rings. The van der Waals surface area contributed by atoms with E-state index in [0.717, 1.165) is 0 Å². The third kappa shape index (κ3) is 4.58. The number of hydrogen-bond donors (Lipinski definition) is 1. The van der Waals surface area contributed by atoms with Crippen LogP contribution in [-0.4, -0.2) is 22.0 Å². The summed E-state index contributed by atoms with van der Waals surface area (Å²) in [5.41, 5.74) is 0.661. The van der Waals surface area contributed by atoms with Crippen LogP contribution in [-0.2, 0) is 4.79 Å². The van der Waals surface area contributed by atoms with Gasteiger partial charge in [-0.2, -0.15) is 0 Å². The van der Waals surface area contributed by atoms with Gasteiger partial charge in [-0.05, 0) is 38.1 Å². The maximum absolute atomic E-state index is 12.0. The van der Waals surface area contributed by atoms with Gasteiger partial charge in [0.15, 0.2) is 6.10 Å². The Morgan fingerprint density at radius 3 is 2.71 bits per heavy atom. The number of nitrogens with zero attached hydrogens (tertiary/aromatic N) is 2. The maximum Gasteiger partial charge on any atom is 0.267 e. The number of ether oxygens (including phenoxy) is 1. The monoisotopic (exact) mass is 325 g/mol. The van der Waals surface area contributed by atoms with Gasteiger partial charge in [-0.25, -0.2) is 9.97 Å². The van der Waals surface area contributed by atoms with Crippen LogP contribution in [0.5, 0.6) is 5.75 Å². The Hall–Kier alpha value is -1.85. The van der Waals surface area contributed by atoms with E-state index in [-0.39, 0.29) is 17.0 Å². The molecule has 0 radical (unpaired) electrons. The summed E-state index contributed by atoms with van der Waals surface area (Å²) in [5, 5.41) is 3.36. The second kappa shape index (κ2) is 6.74. The van der Waals surface area contributed by atoms with Gasteiger partial charge < -0.3 is 4.74 Å². The highest BCUT2D eigenvalue weighted by atomic mass is 35.5. The maximum atomic E-state index is 12.0. The lowest BCUT2D eigenvalue weighted by Gasteiger charge is -2.14. The summed E-state index contributed by atoms with van der Waals surface area (Å²) in [4.78, 5) is 20.0. The average Bonchev–Trinajstić information content (AvgIpc) is 2.37. The number of benzene rings is 1. The third-order valence-corrected chi connectivity index (χ3v) is 2.96. The molecule has 2 aromatic rings. The van der Waals surface area contributed by atoms with Crippen molar-refractivity contribution in [2.75, 3.05) is 5.32 Å². The van der Waals surface area contributed by atoms with E-state index in [4.69, 9.17) is 27.9 Å². The zero-order valence-corrected chi connectivity index (χ0v) is 12.9. The second-order valence-electron chi connectivity index (χ2n) is 4.36. The van der Waals surface area contributed by atoms with Gasteiger partial charge in [0.05, 0.1) is 0 Å². The molecule has 1 atom stereocenters. The number of nitrogens with one attached hydrogen (secondary N) is 1. The molecule has 1 unspecified atom stereocenters. The van der Waals surface area contributed by atoms with Crippen LogP contribution in [0.1, 0.15) is 12.6 Å². The van der Waals surface area contributed by atoms with E-state index in [2.05, 4.69) is 15.3 Å². The van der Waals surface area contributed by atoms with Gasteiger partial charge in [0.1, 0.15) is 10.9 Å². The number of rotatable bonds is 4. The summed E-state index contributed by atoms with van der Waals surface area (Å²) in [5.74, 6) is 0.275. The van der Waals surface area contributed by atoms with Crippen LogP contribution >= 0.6 is 23.2 Å². The van der Waals surface area contributed by atoms with Gasteiger partial charge >= 0.3 is 0 Å². The summed E-state index contributed by atoms with van der Waals surface area (Å²) in [6.07, 6.45) is -0.730. The largest absolute Gasteiger partial charge is 0.481 e. The minimum atomic E-state index is -0.730. The van der Waals surface area contributed by atoms with Crippen LogP contribution in [0, 0.1) is 6.92 Å². The van der Waals surface area contributed by atoms with Gasteiger partial charge in [-0.15, -0.1) is 0 Å². The molecule has 1 amide bonds. The zero-order chi connectivity index (χ0) is 15.4. The van der Waals surface area contributed by atoms with Crippen molar-refractivity contribution >= 4 is 35.1 Å². The molecule has 110 valence electrons. The first-order valence-corrected chi connectivity index (χ1v) is 6.94. The lowest BCUT2D eigenvalue weighted by Crippen LogP contribution is -2.30. The van der Waals surface area contributed by atoms with E-state index >= 15 is 0 Å². The third-order valence-electron chi connectivity index (χ3n) is 2.54. The van der Waals surface area contributed by atoms with Crippen molar-refractivity contribution in [2.45, 2.75) is 20.0 Å². The quantitative estimate of drug-likeness (QED) is 0.874. The summed E-state index contributed by atoms with van der Waals surface area (Å²) >= 11 is 11.7. The summed E-state index contributed by atoms with van der Waals surface area (Å²) in [6.45, 7) is 3.38. The lowest BCUT2D eigenvalue weighted by atomic mass is 10.3. The van der Waals surface area contributed by atoms with E-state index in [9.17, 15) is 4.79 Å². The highest BCUT2D eigenvalue weighted by Gasteiger charge is 2.16. The molecule has 1 aromatic carbocycles. The Labute approximate surface area is 132 Å². The number of amides is 1.